The van der Waals surface area contributed by atoms with Crippen LogP contribution >= 0.6 is 0 Å². The summed E-state index contributed by atoms with van der Waals surface area (Å²) in [6.07, 6.45) is 0.364. The fraction of sp³-hybridized carbons (Fsp3) is 0.400. The van der Waals surface area contributed by atoms with Gasteiger partial charge in [-0.3, -0.25) is 0 Å². The molecule has 0 saturated heterocycles. The van der Waals surface area contributed by atoms with Gasteiger partial charge in [-0.05, 0) is 25.0 Å². The highest BCUT2D eigenvalue weighted by Gasteiger charge is 2.14. The number of ether oxygens (including phenoxy) is 1. The molecule has 0 bridgehead atoms. The number of rotatable bonds is 3. The molecule has 0 fully saturated rings. The molecule has 1 aromatic rings. The molecule has 1 aromatic carbocycles. The Morgan fingerprint density at radius 2 is 2.07 bits per heavy atom. The molecule has 1 rings (SSSR count). The number of hydrogen-bond donors (Lipinski definition) is 1. The Bertz CT molecular complexity index is 326. The van der Waals surface area contributed by atoms with Gasteiger partial charge in [-0.2, -0.15) is 0 Å². The van der Waals surface area contributed by atoms with Crippen LogP contribution < -0.4 is 10.5 Å². The minimum absolute atomic E-state index is 0.167. The first-order chi connectivity index (χ1) is 6.56. The van der Waals surface area contributed by atoms with E-state index in [4.69, 9.17) is 5.73 Å². The van der Waals surface area contributed by atoms with Crippen molar-refractivity contribution in [1.82, 2.24) is 0 Å². The van der Waals surface area contributed by atoms with Gasteiger partial charge in [0.25, 0.3) is 0 Å². The second kappa shape index (κ2) is 4.37. The minimum Gasteiger partial charge on any atom is -0.491 e. The molecule has 78 valence electrons. The van der Waals surface area contributed by atoms with Gasteiger partial charge in [0.15, 0.2) is 17.4 Å². The van der Waals surface area contributed by atoms with E-state index in [1.807, 2.05) is 0 Å². The average molecular weight is 201 g/mol. The standard InChI is InChI=1S/C10H13F2NO/c1-6(13)5-7-3-4-8(11)10(14-2)9(7)12/h3-4,6H,5,13H2,1-2H3. The first-order valence-corrected chi connectivity index (χ1v) is 4.32. The minimum atomic E-state index is -0.696. The lowest BCUT2D eigenvalue weighted by Gasteiger charge is -2.10. The molecule has 0 aliphatic rings. The second-order valence-corrected chi connectivity index (χ2v) is 3.24. The molecule has 4 heteroatoms. The number of nitrogens with two attached hydrogens (primary N) is 1. The van der Waals surface area contributed by atoms with Crippen molar-refractivity contribution in [3.63, 3.8) is 0 Å². The van der Waals surface area contributed by atoms with E-state index in [1.165, 1.54) is 19.2 Å². The van der Waals surface area contributed by atoms with Crippen LogP contribution in [0.3, 0.4) is 0 Å². The topological polar surface area (TPSA) is 35.2 Å². The molecule has 0 aliphatic heterocycles. The maximum absolute atomic E-state index is 13.5. The van der Waals surface area contributed by atoms with Gasteiger partial charge in [0, 0.05) is 6.04 Å². The Kier molecular flexibility index (Phi) is 3.41. The van der Waals surface area contributed by atoms with E-state index in [0.717, 1.165) is 0 Å². The SMILES string of the molecule is COc1c(F)ccc(CC(C)N)c1F. The van der Waals surface area contributed by atoms with Gasteiger partial charge in [0.1, 0.15) is 0 Å². The van der Waals surface area contributed by atoms with Crippen molar-refractivity contribution in [3.05, 3.63) is 29.3 Å². The van der Waals surface area contributed by atoms with Crippen molar-refractivity contribution in [3.8, 4) is 5.75 Å². The van der Waals surface area contributed by atoms with Crippen LogP contribution in [0.1, 0.15) is 12.5 Å². The summed E-state index contributed by atoms with van der Waals surface area (Å²) >= 11 is 0. The predicted molar refractivity (Wildman–Crippen MR) is 50.3 cm³/mol. The van der Waals surface area contributed by atoms with Crippen LogP contribution in [-0.4, -0.2) is 13.2 Å². The van der Waals surface area contributed by atoms with Gasteiger partial charge in [0.2, 0.25) is 0 Å². The molecular formula is C10H13F2NO. The van der Waals surface area contributed by atoms with Crippen LogP contribution in [0.4, 0.5) is 8.78 Å². The molecule has 2 N–H and O–H groups in total. The van der Waals surface area contributed by atoms with E-state index in [0.29, 0.717) is 12.0 Å². The summed E-state index contributed by atoms with van der Waals surface area (Å²) in [5.74, 6) is -1.70. The van der Waals surface area contributed by atoms with Crippen LogP contribution in [-0.2, 0) is 6.42 Å². The Morgan fingerprint density at radius 3 is 2.57 bits per heavy atom. The molecule has 0 aromatic heterocycles. The van der Waals surface area contributed by atoms with Gasteiger partial charge in [0.05, 0.1) is 7.11 Å². The number of benzene rings is 1. The van der Waals surface area contributed by atoms with E-state index in [-0.39, 0.29) is 11.8 Å². The molecule has 1 atom stereocenters. The third-order valence-corrected chi connectivity index (χ3v) is 1.88. The second-order valence-electron chi connectivity index (χ2n) is 3.24. The molecule has 0 aliphatic carbocycles. The van der Waals surface area contributed by atoms with Gasteiger partial charge < -0.3 is 10.5 Å². The highest BCUT2D eigenvalue weighted by atomic mass is 19.1. The highest BCUT2D eigenvalue weighted by molar-refractivity contribution is 5.33. The predicted octanol–water partition coefficient (Wildman–Crippen LogP) is 1.86. The van der Waals surface area contributed by atoms with Gasteiger partial charge >= 0.3 is 0 Å². The third-order valence-electron chi connectivity index (χ3n) is 1.88. The van der Waals surface area contributed by atoms with Crippen molar-refractivity contribution >= 4 is 0 Å². The molecule has 0 spiro atoms. The summed E-state index contributed by atoms with van der Waals surface area (Å²) < 4.78 is 31.1. The summed E-state index contributed by atoms with van der Waals surface area (Å²) in [6.45, 7) is 1.76. The normalized spacial score (nSPS) is 12.6. The first kappa shape index (κ1) is 10.9. The van der Waals surface area contributed by atoms with Crippen LogP contribution in [0, 0.1) is 11.6 Å². The monoisotopic (exact) mass is 201 g/mol. The van der Waals surface area contributed by atoms with E-state index in [2.05, 4.69) is 4.74 Å². The lowest BCUT2D eigenvalue weighted by molar-refractivity contribution is 0.357. The summed E-state index contributed by atoms with van der Waals surface area (Å²) in [4.78, 5) is 0. The van der Waals surface area contributed by atoms with Crippen LogP contribution in [0.15, 0.2) is 12.1 Å². The van der Waals surface area contributed by atoms with Crippen molar-refractivity contribution in [2.45, 2.75) is 19.4 Å². The van der Waals surface area contributed by atoms with Crippen LogP contribution in [0.2, 0.25) is 0 Å². The van der Waals surface area contributed by atoms with Gasteiger partial charge in [-0.15, -0.1) is 0 Å². The van der Waals surface area contributed by atoms with Crippen molar-refractivity contribution in [2.24, 2.45) is 5.73 Å². The van der Waals surface area contributed by atoms with Gasteiger partial charge in [-0.1, -0.05) is 6.07 Å². The summed E-state index contributed by atoms with van der Waals surface area (Å²) in [7, 11) is 1.23. The van der Waals surface area contributed by atoms with Crippen LogP contribution in [0.25, 0.3) is 0 Å². The Balaban J connectivity index is 3.08. The largest absolute Gasteiger partial charge is 0.491 e. The molecular weight excluding hydrogens is 188 g/mol. The number of methoxy groups -OCH3 is 1. The summed E-state index contributed by atoms with van der Waals surface area (Å²) in [5, 5.41) is 0. The highest BCUT2D eigenvalue weighted by Crippen LogP contribution is 2.24. The Hall–Kier alpha value is -1.16. The van der Waals surface area contributed by atoms with Crippen LogP contribution in [0.5, 0.6) is 5.75 Å². The third kappa shape index (κ3) is 2.20. The molecule has 0 saturated carbocycles. The molecule has 2 nitrogen and oxygen atoms in total. The average Bonchev–Trinajstić information content (AvgIpc) is 2.10. The van der Waals surface area contributed by atoms with E-state index >= 15 is 0 Å². The lowest BCUT2D eigenvalue weighted by Crippen LogP contribution is -2.18. The zero-order valence-electron chi connectivity index (χ0n) is 8.18. The zero-order valence-corrected chi connectivity index (χ0v) is 8.18. The zero-order chi connectivity index (χ0) is 10.7. The maximum Gasteiger partial charge on any atom is 0.190 e. The van der Waals surface area contributed by atoms with Crippen molar-refractivity contribution in [2.75, 3.05) is 7.11 Å². The Labute approximate surface area is 81.7 Å². The lowest BCUT2D eigenvalue weighted by atomic mass is 10.1. The number of halogens is 2. The summed E-state index contributed by atoms with van der Waals surface area (Å²) in [6, 6.07) is 2.40. The molecule has 14 heavy (non-hydrogen) atoms. The number of hydrogen-bond acceptors (Lipinski definition) is 2. The molecule has 0 radical (unpaired) electrons. The fourth-order valence-electron chi connectivity index (χ4n) is 1.26. The van der Waals surface area contributed by atoms with E-state index < -0.39 is 11.6 Å². The summed E-state index contributed by atoms with van der Waals surface area (Å²) in [5.41, 5.74) is 5.90. The maximum atomic E-state index is 13.5. The molecule has 1 unspecified atom stereocenters. The van der Waals surface area contributed by atoms with Gasteiger partial charge in [-0.25, -0.2) is 8.78 Å². The molecule has 0 amide bonds. The van der Waals surface area contributed by atoms with Crippen molar-refractivity contribution < 1.29 is 13.5 Å². The quantitative estimate of drug-likeness (QED) is 0.810. The molecule has 0 heterocycles. The van der Waals surface area contributed by atoms with E-state index in [9.17, 15) is 8.78 Å². The van der Waals surface area contributed by atoms with E-state index in [1.54, 1.807) is 6.92 Å². The smallest absolute Gasteiger partial charge is 0.190 e. The first-order valence-electron chi connectivity index (χ1n) is 4.32. The fourth-order valence-corrected chi connectivity index (χ4v) is 1.26. The van der Waals surface area contributed by atoms with Crippen molar-refractivity contribution in [1.29, 1.82) is 0 Å². The Morgan fingerprint density at radius 1 is 1.43 bits per heavy atom.